The van der Waals surface area contributed by atoms with Crippen LogP contribution in [0.1, 0.15) is 38.1 Å². The first-order chi connectivity index (χ1) is 15.6. The molecule has 33 heavy (non-hydrogen) atoms. The van der Waals surface area contributed by atoms with Crippen molar-refractivity contribution in [3.05, 3.63) is 29.8 Å². The van der Waals surface area contributed by atoms with Crippen molar-refractivity contribution >= 4 is 27.7 Å². The highest BCUT2D eigenvalue weighted by Crippen LogP contribution is 2.18. The van der Waals surface area contributed by atoms with E-state index >= 15 is 0 Å². The number of hydrogen-bond acceptors (Lipinski definition) is 6. The summed E-state index contributed by atoms with van der Waals surface area (Å²) in [5.74, 6) is -1.50. The molecule has 1 unspecified atom stereocenters. The summed E-state index contributed by atoms with van der Waals surface area (Å²) in [6, 6.07) is 4.84. The first-order valence-corrected chi connectivity index (χ1v) is 12.6. The number of likely N-dealkylation sites (N-methyl/N-ethyl adjacent to an activating group) is 1. The predicted octanol–water partition coefficient (Wildman–Crippen LogP) is 0.447. The van der Waals surface area contributed by atoms with E-state index in [1.54, 1.807) is 18.7 Å². The van der Waals surface area contributed by atoms with Crippen molar-refractivity contribution in [3.63, 3.8) is 0 Å². The van der Waals surface area contributed by atoms with Crippen LogP contribution in [0.5, 0.6) is 0 Å². The third-order valence-electron chi connectivity index (χ3n) is 5.47. The molecule has 184 valence electrons. The van der Waals surface area contributed by atoms with Crippen molar-refractivity contribution in [2.45, 2.75) is 38.6 Å². The lowest BCUT2D eigenvalue weighted by atomic mass is 10.0. The number of amides is 3. The van der Waals surface area contributed by atoms with Crippen LogP contribution in [-0.2, 0) is 24.3 Å². The fourth-order valence-corrected chi connectivity index (χ4v) is 4.91. The molecule has 3 amide bonds. The Morgan fingerprint density at radius 1 is 1.12 bits per heavy atom. The van der Waals surface area contributed by atoms with Gasteiger partial charge in [-0.2, -0.15) is 4.31 Å². The second kappa shape index (κ2) is 12.1. The maximum atomic E-state index is 12.9. The van der Waals surface area contributed by atoms with E-state index in [1.165, 1.54) is 28.6 Å². The number of ether oxygens (including phenoxy) is 1. The summed E-state index contributed by atoms with van der Waals surface area (Å²) < 4.78 is 32.3. The molecule has 11 heteroatoms. The quantitative estimate of drug-likeness (QED) is 0.499. The number of hydrogen-bond donors (Lipinski definition) is 2. The average Bonchev–Trinajstić information content (AvgIpc) is 2.82. The molecule has 1 fully saturated rings. The molecule has 1 aromatic carbocycles. The number of carbonyl (C=O) groups excluding carboxylic acids is 3. The topological polar surface area (TPSA) is 125 Å². The lowest BCUT2D eigenvalue weighted by Crippen LogP contribution is -2.51. The number of nitrogens with zero attached hydrogens (tertiary/aromatic N) is 2. The molecule has 0 bridgehead atoms. The zero-order valence-corrected chi connectivity index (χ0v) is 20.5. The third kappa shape index (κ3) is 6.99. The van der Waals surface area contributed by atoms with Crippen LogP contribution in [0.4, 0.5) is 0 Å². The van der Waals surface area contributed by atoms with Crippen molar-refractivity contribution in [2.24, 2.45) is 5.92 Å². The zero-order valence-electron chi connectivity index (χ0n) is 19.7. The smallest absolute Gasteiger partial charge is 0.251 e. The van der Waals surface area contributed by atoms with E-state index in [1.807, 2.05) is 13.8 Å². The van der Waals surface area contributed by atoms with Crippen LogP contribution in [0, 0.1) is 5.92 Å². The number of morpholine rings is 1. The molecule has 1 heterocycles. The maximum Gasteiger partial charge on any atom is 0.251 e. The van der Waals surface area contributed by atoms with Crippen molar-refractivity contribution in [1.82, 2.24) is 19.8 Å². The minimum absolute atomic E-state index is 0.00687. The number of sulfonamides is 1. The van der Waals surface area contributed by atoms with Crippen molar-refractivity contribution < 1.29 is 27.5 Å². The van der Waals surface area contributed by atoms with Crippen LogP contribution in [0.3, 0.4) is 0 Å². The molecule has 0 saturated carbocycles. The molecule has 1 aliphatic rings. The molecule has 10 nitrogen and oxygen atoms in total. The van der Waals surface area contributed by atoms with Crippen molar-refractivity contribution in [2.75, 3.05) is 45.9 Å². The molecular formula is C22H34N4O6S. The second-order valence-corrected chi connectivity index (χ2v) is 9.96. The predicted molar refractivity (Wildman–Crippen MR) is 123 cm³/mol. The summed E-state index contributed by atoms with van der Waals surface area (Å²) in [6.07, 6.45) is 0. The van der Waals surface area contributed by atoms with E-state index in [0.717, 1.165) is 0 Å². The summed E-state index contributed by atoms with van der Waals surface area (Å²) in [5, 5.41) is 5.26. The monoisotopic (exact) mass is 482 g/mol. The number of carbonyl (C=O) groups is 3. The standard InChI is InChI=1S/C22H34N4O6S/c1-5-25(6-2)19(27)15-23-22(29)20(16(3)4)24-21(28)17-8-7-9-18(14-17)33(30,31)26-10-12-32-13-11-26/h7-9,14,16,20H,5-6,10-13,15H2,1-4H3,(H,23,29)(H,24,28). The van der Waals surface area contributed by atoms with Gasteiger partial charge < -0.3 is 20.3 Å². The van der Waals surface area contributed by atoms with Gasteiger partial charge in [0.1, 0.15) is 6.04 Å². The lowest BCUT2D eigenvalue weighted by molar-refractivity contribution is -0.133. The molecule has 1 atom stereocenters. The van der Waals surface area contributed by atoms with Crippen molar-refractivity contribution in [1.29, 1.82) is 0 Å². The van der Waals surface area contributed by atoms with Crippen LogP contribution in [0.2, 0.25) is 0 Å². The van der Waals surface area contributed by atoms with E-state index in [9.17, 15) is 22.8 Å². The van der Waals surface area contributed by atoms with Gasteiger partial charge in [-0.3, -0.25) is 14.4 Å². The number of nitrogens with one attached hydrogen (secondary N) is 2. The van der Waals surface area contributed by atoms with Gasteiger partial charge in [-0.15, -0.1) is 0 Å². The molecule has 2 N–H and O–H groups in total. The maximum absolute atomic E-state index is 12.9. The van der Waals surface area contributed by atoms with E-state index in [0.29, 0.717) is 26.3 Å². The summed E-state index contributed by atoms with van der Waals surface area (Å²) in [6.45, 7) is 9.32. The minimum Gasteiger partial charge on any atom is -0.379 e. The molecule has 0 spiro atoms. The summed E-state index contributed by atoms with van der Waals surface area (Å²) in [4.78, 5) is 39.3. The Morgan fingerprint density at radius 2 is 1.76 bits per heavy atom. The van der Waals surface area contributed by atoms with E-state index in [4.69, 9.17) is 4.74 Å². The van der Waals surface area contributed by atoms with Gasteiger partial charge in [-0.25, -0.2) is 8.42 Å². The molecule has 1 aliphatic heterocycles. The highest BCUT2D eigenvalue weighted by molar-refractivity contribution is 7.89. The van der Waals surface area contributed by atoms with Crippen LogP contribution in [0.15, 0.2) is 29.2 Å². The summed E-state index contributed by atoms with van der Waals surface area (Å²) in [7, 11) is -3.76. The van der Waals surface area contributed by atoms with Gasteiger partial charge in [-0.05, 0) is 38.0 Å². The van der Waals surface area contributed by atoms with Crippen molar-refractivity contribution in [3.8, 4) is 0 Å². The summed E-state index contributed by atoms with van der Waals surface area (Å²) >= 11 is 0. The molecule has 0 radical (unpaired) electrons. The zero-order chi connectivity index (χ0) is 24.6. The first-order valence-electron chi connectivity index (χ1n) is 11.2. The molecule has 1 saturated heterocycles. The van der Waals surface area contributed by atoms with Crippen LogP contribution < -0.4 is 10.6 Å². The van der Waals surface area contributed by atoms with E-state index in [-0.39, 0.29) is 41.9 Å². The van der Waals surface area contributed by atoms with Crippen LogP contribution >= 0.6 is 0 Å². The molecule has 2 rings (SSSR count). The van der Waals surface area contributed by atoms with Gasteiger partial charge in [0.2, 0.25) is 21.8 Å². The minimum atomic E-state index is -3.76. The largest absolute Gasteiger partial charge is 0.379 e. The van der Waals surface area contributed by atoms with Gasteiger partial charge >= 0.3 is 0 Å². The Balaban J connectivity index is 2.10. The van der Waals surface area contributed by atoms with Gasteiger partial charge in [0.05, 0.1) is 24.7 Å². The van der Waals surface area contributed by atoms with Gasteiger partial charge in [0.15, 0.2) is 0 Å². The van der Waals surface area contributed by atoms with Crippen LogP contribution in [-0.4, -0.2) is 87.3 Å². The van der Waals surface area contributed by atoms with Gasteiger partial charge in [0.25, 0.3) is 5.91 Å². The number of benzene rings is 1. The fourth-order valence-electron chi connectivity index (χ4n) is 3.45. The highest BCUT2D eigenvalue weighted by Gasteiger charge is 2.28. The number of rotatable bonds is 10. The fraction of sp³-hybridized carbons (Fsp3) is 0.591. The van der Waals surface area contributed by atoms with Gasteiger partial charge in [-0.1, -0.05) is 19.9 Å². The molecule has 0 aromatic heterocycles. The Morgan fingerprint density at radius 3 is 2.33 bits per heavy atom. The SMILES string of the molecule is CCN(CC)C(=O)CNC(=O)C(NC(=O)c1cccc(S(=O)(=O)N2CCOCC2)c1)C(C)C. The summed E-state index contributed by atoms with van der Waals surface area (Å²) in [5.41, 5.74) is 0.127. The molecular weight excluding hydrogens is 448 g/mol. The average molecular weight is 483 g/mol. The third-order valence-corrected chi connectivity index (χ3v) is 7.36. The van der Waals surface area contributed by atoms with Gasteiger partial charge in [0, 0.05) is 31.7 Å². The first kappa shape index (κ1) is 26.7. The lowest BCUT2D eigenvalue weighted by Gasteiger charge is -2.26. The molecule has 0 aliphatic carbocycles. The Kier molecular flexibility index (Phi) is 9.81. The van der Waals surface area contributed by atoms with Crippen LogP contribution in [0.25, 0.3) is 0 Å². The highest BCUT2D eigenvalue weighted by atomic mass is 32.2. The Labute approximate surface area is 195 Å². The normalized spacial score (nSPS) is 15.7. The van der Waals surface area contributed by atoms with E-state index in [2.05, 4.69) is 10.6 Å². The van der Waals surface area contributed by atoms with E-state index < -0.39 is 27.9 Å². The Hall–Kier alpha value is -2.50. The molecule has 1 aromatic rings. The Bertz CT molecular complexity index is 940. The second-order valence-electron chi connectivity index (χ2n) is 8.02.